The lowest BCUT2D eigenvalue weighted by atomic mass is 9.95. The van der Waals surface area contributed by atoms with E-state index in [1.807, 2.05) is 38.4 Å². The largest absolute Gasteiger partial charge is 0.364 e. The average Bonchev–Trinajstić information content (AvgIpc) is 3.36. The molecule has 0 bridgehead atoms. The third kappa shape index (κ3) is 3.44. The van der Waals surface area contributed by atoms with E-state index in [4.69, 9.17) is 19.5 Å². The van der Waals surface area contributed by atoms with Crippen LogP contribution in [-0.2, 0) is 6.54 Å². The molecule has 0 amide bonds. The molecule has 0 spiro atoms. The highest BCUT2D eigenvalue weighted by atomic mass is 16.5. The second-order valence-electron chi connectivity index (χ2n) is 8.05. The number of benzene rings is 1. The van der Waals surface area contributed by atoms with Gasteiger partial charge in [0, 0.05) is 12.6 Å². The number of rotatable bonds is 5. The Morgan fingerprint density at radius 2 is 1.87 bits per heavy atom. The van der Waals surface area contributed by atoms with Gasteiger partial charge in [-0.3, -0.25) is 0 Å². The molecule has 1 saturated carbocycles. The highest BCUT2D eigenvalue weighted by molar-refractivity contribution is 5.85. The lowest BCUT2D eigenvalue weighted by molar-refractivity contribution is 0.358. The minimum absolute atomic E-state index is 0.443. The van der Waals surface area contributed by atoms with Gasteiger partial charge in [0.1, 0.15) is 11.3 Å². The van der Waals surface area contributed by atoms with Crippen molar-refractivity contribution in [1.82, 2.24) is 24.7 Å². The fourth-order valence-electron chi connectivity index (χ4n) is 4.36. The smallest absolute Gasteiger partial charge is 0.169 e. The average molecular weight is 403 g/mol. The molecule has 1 aliphatic rings. The first kappa shape index (κ1) is 18.8. The molecule has 3 aromatic heterocycles. The fraction of sp³-hybridized carbons (Fsp3) is 0.391. The third-order valence-corrected chi connectivity index (χ3v) is 5.95. The first-order chi connectivity index (χ1) is 14.7. The number of imidazole rings is 1. The molecule has 0 radical (unpaired) electrons. The van der Waals surface area contributed by atoms with Gasteiger partial charge in [-0.25, -0.2) is 15.0 Å². The van der Waals surface area contributed by atoms with Gasteiger partial charge < -0.3 is 14.4 Å². The Bertz CT molecular complexity index is 1140. The number of hydrogen-bond donors (Lipinski definition) is 1. The normalized spacial score (nSPS) is 15.0. The Morgan fingerprint density at radius 1 is 1.07 bits per heavy atom. The summed E-state index contributed by atoms with van der Waals surface area (Å²) in [6.07, 6.45) is 8.09. The van der Waals surface area contributed by atoms with Crippen LogP contribution in [0, 0.1) is 13.8 Å². The second-order valence-corrected chi connectivity index (χ2v) is 8.05. The van der Waals surface area contributed by atoms with Crippen LogP contribution in [0.1, 0.15) is 55.2 Å². The highest BCUT2D eigenvalue weighted by Gasteiger charge is 2.23. The van der Waals surface area contributed by atoms with Crippen molar-refractivity contribution in [2.45, 2.75) is 58.5 Å². The van der Waals surface area contributed by atoms with Crippen molar-refractivity contribution < 1.29 is 4.52 Å². The third-order valence-electron chi connectivity index (χ3n) is 5.95. The van der Waals surface area contributed by atoms with E-state index in [-0.39, 0.29) is 0 Å². The topological polar surface area (TPSA) is 81.7 Å². The fourth-order valence-corrected chi connectivity index (χ4v) is 4.36. The SMILES string of the molecule is Cc1noc(C)c1-c1nc(NCc2ccccc2)c2ncn(C3CCCCC3)c2n1. The van der Waals surface area contributed by atoms with E-state index in [0.29, 0.717) is 18.4 Å². The Hall–Kier alpha value is -3.22. The van der Waals surface area contributed by atoms with Crippen molar-refractivity contribution in [2.75, 3.05) is 5.32 Å². The summed E-state index contributed by atoms with van der Waals surface area (Å²) in [5.74, 6) is 2.10. The van der Waals surface area contributed by atoms with Crippen LogP contribution in [0.5, 0.6) is 0 Å². The summed E-state index contributed by atoms with van der Waals surface area (Å²) in [6, 6.07) is 10.7. The first-order valence-electron chi connectivity index (χ1n) is 10.7. The van der Waals surface area contributed by atoms with Crippen molar-refractivity contribution in [1.29, 1.82) is 0 Å². The number of fused-ring (bicyclic) bond motifs is 1. The molecule has 1 fully saturated rings. The monoisotopic (exact) mass is 402 g/mol. The molecular weight excluding hydrogens is 376 g/mol. The lowest BCUT2D eigenvalue weighted by Crippen LogP contribution is -2.13. The summed E-state index contributed by atoms with van der Waals surface area (Å²) in [4.78, 5) is 14.5. The predicted molar refractivity (Wildman–Crippen MR) is 116 cm³/mol. The van der Waals surface area contributed by atoms with Gasteiger partial charge in [-0.2, -0.15) is 0 Å². The molecule has 1 aliphatic carbocycles. The maximum Gasteiger partial charge on any atom is 0.169 e. The molecule has 0 aliphatic heterocycles. The van der Waals surface area contributed by atoms with Gasteiger partial charge in [-0.1, -0.05) is 54.8 Å². The molecule has 1 aromatic carbocycles. The minimum atomic E-state index is 0.443. The van der Waals surface area contributed by atoms with Crippen LogP contribution >= 0.6 is 0 Å². The van der Waals surface area contributed by atoms with E-state index >= 15 is 0 Å². The zero-order chi connectivity index (χ0) is 20.5. The number of hydrogen-bond acceptors (Lipinski definition) is 6. The number of aromatic nitrogens is 5. The molecule has 0 atom stereocenters. The number of anilines is 1. The zero-order valence-electron chi connectivity index (χ0n) is 17.4. The Balaban J connectivity index is 1.60. The number of nitrogens with zero attached hydrogens (tertiary/aromatic N) is 5. The van der Waals surface area contributed by atoms with Crippen molar-refractivity contribution in [3.8, 4) is 11.4 Å². The summed E-state index contributed by atoms with van der Waals surface area (Å²) in [5.41, 5.74) is 4.53. The number of nitrogens with one attached hydrogen (secondary N) is 1. The Morgan fingerprint density at radius 3 is 2.60 bits per heavy atom. The standard InChI is InChI=1S/C23H26N6O/c1-15-19(16(2)30-28-15)21-26-22(24-13-17-9-5-3-6-10-17)20-23(27-21)29(14-25-20)18-11-7-4-8-12-18/h3,5-6,9-10,14,18H,4,7-8,11-13H2,1-2H3,(H,24,26,27). The molecule has 154 valence electrons. The van der Waals surface area contributed by atoms with E-state index in [1.54, 1.807) is 0 Å². The molecule has 1 N–H and O–H groups in total. The van der Waals surface area contributed by atoms with Crippen molar-refractivity contribution in [3.05, 3.63) is 53.7 Å². The first-order valence-corrected chi connectivity index (χ1v) is 10.7. The van der Waals surface area contributed by atoms with E-state index in [2.05, 4.69) is 27.2 Å². The molecule has 5 rings (SSSR count). The predicted octanol–water partition coefficient (Wildman–Crippen LogP) is 5.22. The van der Waals surface area contributed by atoms with Gasteiger partial charge in [0.25, 0.3) is 0 Å². The minimum Gasteiger partial charge on any atom is -0.364 e. The Labute approximate surface area is 175 Å². The zero-order valence-corrected chi connectivity index (χ0v) is 17.4. The van der Waals surface area contributed by atoms with E-state index in [1.165, 1.54) is 37.7 Å². The van der Waals surface area contributed by atoms with Crippen LogP contribution in [-0.4, -0.2) is 24.7 Å². The molecule has 0 unspecified atom stereocenters. The van der Waals surface area contributed by atoms with Crippen LogP contribution in [0.2, 0.25) is 0 Å². The van der Waals surface area contributed by atoms with Crippen LogP contribution in [0.25, 0.3) is 22.6 Å². The summed E-state index contributed by atoms with van der Waals surface area (Å²) >= 11 is 0. The van der Waals surface area contributed by atoms with Gasteiger partial charge in [-0.05, 0) is 32.3 Å². The second kappa shape index (κ2) is 7.89. The number of aryl methyl sites for hydroxylation is 2. The molecule has 0 saturated heterocycles. The molecule has 3 heterocycles. The van der Waals surface area contributed by atoms with Gasteiger partial charge >= 0.3 is 0 Å². The summed E-state index contributed by atoms with van der Waals surface area (Å²) in [6.45, 7) is 4.50. The lowest BCUT2D eigenvalue weighted by Gasteiger charge is -2.23. The summed E-state index contributed by atoms with van der Waals surface area (Å²) in [5, 5.41) is 7.58. The van der Waals surface area contributed by atoms with Gasteiger partial charge in [0.05, 0.1) is 17.6 Å². The van der Waals surface area contributed by atoms with Crippen molar-refractivity contribution >= 4 is 17.0 Å². The van der Waals surface area contributed by atoms with Crippen molar-refractivity contribution in [2.24, 2.45) is 0 Å². The van der Waals surface area contributed by atoms with Crippen LogP contribution in [0.3, 0.4) is 0 Å². The summed E-state index contributed by atoms with van der Waals surface area (Å²) in [7, 11) is 0. The Kier molecular flexibility index (Phi) is 4.94. The molecule has 30 heavy (non-hydrogen) atoms. The maximum absolute atomic E-state index is 5.39. The van der Waals surface area contributed by atoms with Gasteiger partial charge in [-0.15, -0.1) is 0 Å². The van der Waals surface area contributed by atoms with Crippen LogP contribution in [0.4, 0.5) is 5.82 Å². The molecular formula is C23H26N6O. The van der Waals surface area contributed by atoms with E-state index < -0.39 is 0 Å². The maximum atomic E-state index is 5.39. The quantitative estimate of drug-likeness (QED) is 0.493. The van der Waals surface area contributed by atoms with Crippen molar-refractivity contribution in [3.63, 3.8) is 0 Å². The molecule has 7 nitrogen and oxygen atoms in total. The summed E-state index contributed by atoms with van der Waals surface area (Å²) < 4.78 is 7.63. The molecule has 4 aromatic rings. The van der Waals surface area contributed by atoms with Gasteiger partial charge in [0.2, 0.25) is 0 Å². The van der Waals surface area contributed by atoms with E-state index in [0.717, 1.165) is 34.0 Å². The molecule has 7 heteroatoms. The van der Waals surface area contributed by atoms with Crippen LogP contribution < -0.4 is 5.32 Å². The van der Waals surface area contributed by atoms with Crippen LogP contribution in [0.15, 0.2) is 41.2 Å². The van der Waals surface area contributed by atoms with E-state index in [9.17, 15) is 0 Å². The highest BCUT2D eigenvalue weighted by Crippen LogP contribution is 2.33. The van der Waals surface area contributed by atoms with Gasteiger partial charge in [0.15, 0.2) is 17.3 Å².